The molecule has 0 radical (unpaired) electrons. The molecule has 0 aliphatic carbocycles. The van der Waals surface area contributed by atoms with E-state index in [4.69, 9.17) is 10.3 Å². The molecule has 5 atom stereocenters. The second-order valence-electron chi connectivity index (χ2n) is 10.1. The third-order valence-electron chi connectivity index (χ3n) is 8.09. The van der Waals surface area contributed by atoms with Crippen LogP contribution in [0.25, 0.3) is 10.4 Å². The fourth-order valence-electron chi connectivity index (χ4n) is 5.60. The number of hydrogen-bond acceptors (Lipinski definition) is 6. The summed E-state index contributed by atoms with van der Waals surface area (Å²) in [6.07, 6.45) is 2.25. The van der Waals surface area contributed by atoms with E-state index >= 15 is 0 Å². The number of fused-ring (bicyclic) bond motifs is 1. The van der Waals surface area contributed by atoms with Crippen LogP contribution in [0, 0.1) is 5.92 Å². The van der Waals surface area contributed by atoms with Crippen molar-refractivity contribution in [2.24, 2.45) is 11.0 Å². The third-order valence-corrected chi connectivity index (χ3v) is 8.09. The lowest BCUT2D eigenvalue weighted by molar-refractivity contribution is -0.139. The van der Waals surface area contributed by atoms with Gasteiger partial charge in [-0.05, 0) is 67.5 Å². The first-order chi connectivity index (χ1) is 17.4. The lowest BCUT2D eigenvalue weighted by Crippen LogP contribution is -2.54. The first-order valence-corrected chi connectivity index (χ1v) is 13.0. The number of carbonyl (C=O) groups excluding carboxylic acids is 3. The molecule has 194 valence electrons. The average Bonchev–Trinajstić information content (AvgIpc) is 3.47. The molecule has 36 heavy (non-hydrogen) atoms. The van der Waals surface area contributed by atoms with E-state index in [9.17, 15) is 14.4 Å². The number of ether oxygens (including phenoxy) is 1. The highest BCUT2D eigenvalue weighted by Gasteiger charge is 2.53. The Balaban J connectivity index is 1.46. The molecular formula is C26H36N6O4. The molecule has 0 saturated carbocycles. The van der Waals surface area contributed by atoms with Gasteiger partial charge >= 0.3 is 0 Å². The summed E-state index contributed by atoms with van der Waals surface area (Å²) in [7, 11) is 0. The molecule has 1 aromatic carbocycles. The number of nitrogens with one attached hydrogen (secondary N) is 1. The first-order valence-electron chi connectivity index (χ1n) is 13.0. The van der Waals surface area contributed by atoms with Crippen LogP contribution in [0.4, 0.5) is 0 Å². The second-order valence-corrected chi connectivity index (χ2v) is 10.1. The van der Waals surface area contributed by atoms with Crippen molar-refractivity contribution in [3.63, 3.8) is 0 Å². The number of ketones is 1. The normalized spacial score (nSPS) is 26.2. The number of nitrogens with zero attached hydrogens (tertiary/aromatic N) is 5. The summed E-state index contributed by atoms with van der Waals surface area (Å²) in [4.78, 5) is 46.0. The quantitative estimate of drug-likeness (QED) is 0.336. The van der Waals surface area contributed by atoms with Crippen LogP contribution >= 0.6 is 0 Å². The number of hydrogen-bond donors (Lipinski definition) is 1. The Kier molecular flexibility index (Phi) is 8.28. The van der Waals surface area contributed by atoms with Gasteiger partial charge in [-0.1, -0.05) is 44.4 Å². The molecule has 3 fully saturated rings. The fraction of sp³-hybridized carbons (Fsp3) is 0.654. The topological polar surface area (TPSA) is 128 Å². The number of likely N-dealkylation sites (tertiary alicyclic amines) is 2. The number of azide groups is 1. The van der Waals surface area contributed by atoms with Crippen molar-refractivity contribution in [2.75, 3.05) is 32.8 Å². The maximum Gasteiger partial charge on any atom is 0.251 e. The Bertz CT molecular complexity index is 1020. The van der Waals surface area contributed by atoms with Crippen LogP contribution in [0.3, 0.4) is 0 Å². The zero-order valence-electron chi connectivity index (χ0n) is 21.3. The average molecular weight is 497 g/mol. The van der Waals surface area contributed by atoms with Gasteiger partial charge in [0.1, 0.15) is 18.7 Å². The Morgan fingerprint density at radius 1 is 1.22 bits per heavy atom. The molecule has 3 aliphatic rings. The summed E-state index contributed by atoms with van der Waals surface area (Å²) in [5.74, 6) is -0.533. The van der Waals surface area contributed by atoms with E-state index in [-0.39, 0.29) is 36.7 Å². The van der Waals surface area contributed by atoms with Gasteiger partial charge in [-0.3, -0.25) is 14.4 Å². The highest BCUT2D eigenvalue weighted by atomic mass is 16.5. The fourth-order valence-corrected chi connectivity index (χ4v) is 5.60. The first kappa shape index (κ1) is 26.1. The number of piperidine rings is 1. The predicted octanol–water partition coefficient (Wildman–Crippen LogP) is 2.89. The summed E-state index contributed by atoms with van der Waals surface area (Å²) in [6.45, 7) is 9.29. The molecule has 1 aromatic rings. The van der Waals surface area contributed by atoms with Crippen LogP contribution in [-0.2, 0) is 14.3 Å². The van der Waals surface area contributed by atoms with Gasteiger partial charge in [0.2, 0.25) is 5.91 Å². The number of carbonyl (C=O) groups is 3. The minimum Gasteiger partial charge on any atom is -0.367 e. The number of Topliss-reactive ketones (excluding diaryl/α,β-unsaturated/α-hetero) is 1. The zero-order chi connectivity index (χ0) is 25.8. The van der Waals surface area contributed by atoms with Gasteiger partial charge in [-0.15, -0.1) is 0 Å². The van der Waals surface area contributed by atoms with E-state index in [1.807, 2.05) is 38.1 Å². The number of amides is 2. The third kappa shape index (κ3) is 5.26. The predicted molar refractivity (Wildman–Crippen MR) is 134 cm³/mol. The summed E-state index contributed by atoms with van der Waals surface area (Å²) in [5, 5.41) is 6.66. The van der Waals surface area contributed by atoms with Crippen molar-refractivity contribution in [1.82, 2.24) is 15.1 Å². The smallest absolute Gasteiger partial charge is 0.251 e. The van der Waals surface area contributed by atoms with E-state index in [1.165, 1.54) is 10.5 Å². The van der Waals surface area contributed by atoms with Crippen LogP contribution in [0.5, 0.6) is 0 Å². The molecule has 10 heteroatoms. The lowest BCUT2D eigenvalue weighted by Gasteiger charge is -2.31. The van der Waals surface area contributed by atoms with Crippen LogP contribution in [-0.4, -0.2) is 84.4 Å². The molecule has 10 nitrogen and oxygen atoms in total. The van der Waals surface area contributed by atoms with Crippen molar-refractivity contribution in [1.29, 1.82) is 0 Å². The maximum atomic E-state index is 13.6. The molecule has 0 bridgehead atoms. The van der Waals surface area contributed by atoms with Gasteiger partial charge in [0.05, 0.1) is 12.1 Å². The lowest BCUT2D eigenvalue weighted by atomic mass is 9.89. The van der Waals surface area contributed by atoms with Crippen molar-refractivity contribution < 1.29 is 19.1 Å². The standard InChI is InChI=1S/C26H36N6O4/c1-4-16(3)22(26(35)32-14-20(29-30-27)24-23(32)21(33)15-36-24)28-25(34)19-8-6-17(7-9-19)18-10-12-31(5-2)13-11-18/h6-9,16,18,20,22-24H,4-5,10-15H2,1-3H3,(H,28,34)/t16-,20+,22-,23+,24+/m0/s1. The minimum absolute atomic E-state index is 0.0956. The molecule has 0 aromatic heterocycles. The Hall–Kier alpha value is -2.94. The van der Waals surface area contributed by atoms with E-state index in [0.29, 0.717) is 17.9 Å². The molecule has 0 spiro atoms. The van der Waals surface area contributed by atoms with Gasteiger partial charge in [0.25, 0.3) is 5.91 Å². The van der Waals surface area contributed by atoms with Gasteiger partial charge in [0, 0.05) is 17.0 Å². The van der Waals surface area contributed by atoms with Crippen LogP contribution in [0.1, 0.15) is 61.9 Å². The molecule has 4 rings (SSSR count). The monoisotopic (exact) mass is 496 g/mol. The van der Waals surface area contributed by atoms with Gasteiger partial charge in [-0.25, -0.2) is 0 Å². The largest absolute Gasteiger partial charge is 0.367 e. The van der Waals surface area contributed by atoms with Crippen molar-refractivity contribution in [3.05, 3.63) is 45.8 Å². The summed E-state index contributed by atoms with van der Waals surface area (Å²) in [5.41, 5.74) is 10.6. The van der Waals surface area contributed by atoms with E-state index in [0.717, 1.165) is 32.5 Å². The van der Waals surface area contributed by atoms with E-state index < -0.39 is 24.2 Å². The Morgan fingerprint density at radius 3 is 2.53 bits per heavy atom. The number of rotatable bonds is 8. The van der Waals surface area contributed by atoms with Crippen molar-refractivity contribution in [3.8, 4) is 0 Å². The molecule has 3 heterocycles. The van der Waals surface area contributed by atoms with Gasteiger partial charge in [0.15, 0.2) is 5.78 Å². The zero-order valence-corrected chi connectivity index (χ0v) is 21.3. The molecule has 1 N–H and O–H groups in total. The SMILES string of the molecule is CC[C@H](C)[C@H](NC(=O)c1ccc(C2CCN(CC)CC2)cc1)C(=O)N1C[C@@H](N=[N+]=[N-])[C@H]2OCC(=O)[C@H]21. The summed E-state index contributed by atoms with van der Waals surface area (Å²) < 4.78 is 5.53. The van der Waals surface area contributed by atoms with Crippen LogP contribution in [0.15, 0.2) is 29.4 Å². The summed E-state index contributed by atoms with van der Waals surface area (Å²) in [6, 6.07) is 5.48. The highest BCUT2D eigenvalue weighted by molar-refractivity contribution is 5.99. The second kappa shape index (κ2) is 11.4. The van der Waals surface area contributed by atoms with Crippen LogP contribution < -0.4 is 5.32 Å². The minimum atomic E-state index is -0.806. The molecule has 0 unspecified atom stereocenters. The van der Waals surface area contributed by atoms with Crippen molar-refractivity contribution >= 4 is 17.6 Å². The summed E-state index contributed by atoms with van der Waals surface area (Å²) >= 11 is 0. The van der Waals surface area contributed by atoms with Gasteiger partial charge < -0.3 is 19.9 Å². The molecule has 3 saturated heterocycles. The highest BCUT2D eigenvalue weighted by Crippen LogP contribution is 2.31. The van der Waals surface area contributed by atoms with Gasteiger partial charge in [-0.2, -0.15) is 0 Å². The maximum absolute atomic E-state index is 13.6. The molecular weight excluding hydrogens is 460 g/mol. The molecule has 2 amide bonds. The Morgan fingerprint density at radius 2 is 1.92 bits per heavy atom. The van der Waals surface area contributed by atoms with Crippen molar-refractivity contribution in [2.45, 2.75) is 70.2 Å². The van der Waals surface area contributed by atoms with E-state index in [1.54, 1.807) is 0 Å². The van der Waals surface area contributed by atoms with E-state index in [2.05, 4.69) is 27.2 Å². The Labute approximate surface area is 212 Å². The number of benzene rings is 1. The molecule has 3 aliphatic heterocycles. The van der Waals surface area contributed by atoms with Crippen LogP contribution in [0.2, 0.25) is 0 Å².